The highest BCUT2D eigenvalue weighted by Gasteiger charge is 2.01. The Morgan fingerprint density at radius 2 is 1.53 bits per heavy atom. The van der Waals surface area contributed by atoms with Gasteiger partial charge in [-0.05, 0) is 33.5 Å². The van der Waals surface area contributed by atoms with Crippen LogP contribution in [0.1, 0.15) is 5.56 Å². The summed E-state index contributed by atoms with van der Waals surface area (Å²) in [6.45, 7) is 0. The molecule has 1 nitrogen and oxygen atoms in total. The molecule has 0 unspecified atom stereocenters. The van der Waals surface area contributed by atoms with E-state index in [4.69, 9.17) is 5.26 Å². The third-order valence-electron chi connectivity index (χ3n) is 3.29. The van der Waals surface area contributed by atoms with Crippen LogP contribution < -0.4 is 0 Å². The normalized spacial score (nSPS) is 10.3. The zero-order chi connectivity index (χ0) is 13.1. The van der Waals surface area contributed by atoms with Gasteiger partial charge in [0.2, 0.25) is 0 Å². The minimum atomic E-state index is 0.460. The van der Waals surface area contributed by atoms with Crippen molar-refractivity contribution in [1.82, 2.24) is 0 Å². The topological polar surface area (TPSA) is 23.8 Å². The van der Waals surface area contributed by atoms with Crippen LogP contribution in [0.2, 0.25) is 0 Å². The molecule has 3 aromatic carbocycles. The fraction of sp³-hybridized carbons (Fsp3) is 0.0556. The lowest BCUT2D eigenvalue weighted by molar-refractivity contribution is 1.26. The molecule has 0 amide bonds. The summed E-state index contributed by atoms with van der Waals surface area (Å²) in [5.74, 6) is 0. The molecule has 0 aliphatic carbocycles. The van der Waals surface area contributed by atoms with Gasteiger partial charge in [-0.3, -0.25) is 0 Å². The molecular weight excluding hydrogens is 230 g/mol. The molecule has 0 fully saturated rings. The Hall–Kier alpha value is -2.59. The Labute approximate surface area is 112 Å². The summed E-state index contributed by atoms with van der Waals surface area (Å²) in [4.78, 5) is 0. The van der Waals surface area contributed by atoms with E-state index in [1.54, 1.807) is 0 Å². The van der Waals surface area contributed by atoms with Gasteiger partial charge in [0.25, 0.3) is 0 Å². The van der Waals surface area contributed by atoms with E-state index in [0.29, 0.717) is 6.42 Å². The summed E-state index contributed by atoms with van der Waals surface area (Å²) in [5, 5.41) is 11.3. The van der Waals surface area contributed by atoms with Crippen LogP contribution in [0.5, 0.6) is 0 Å². The second-order valence-electron chi connectivity index (χ2n) is 4.60. The second kappa shape index (κ2) is 4.96. The highest BCUT2D eigenvalue weighted by atomic mass is 14.2. The maximum atomic E-state index is 8.77. The molecule has 0 aliphatic rings. The fourth-order valence-corrected chi connectivity index (χ4v) is 2.32. The lowest BCUT2D eigenvalue weighted by atomic mass is 9.99. The van der Waals surface area contributed by atoms with Gasteiger partial charge in [0.15, 0.2) is 0 Å². The molecule has 0 N–H and O–H groups in total. The molecule has 0 atom stereocenters. The highest BCUT2D eigenvalue weighted by molar-refractivity contribution is 5.87. The number of fused-ring (bicyclic) bond motifs is 1. The van der Waals surface area contributed by atoms with Gasteiger partial charge < -0.3 is 0 Å². The SMILES string of the molecule is N#CCc1cccc(-c2ccc3ccccc3c2)c1. The molecule has 90 valence electrons. The van der Waals surface area contributed by atoms with Crippen LogP contribution in [0.25, 0.3) is 21.9 Å². The molecular formula is C18H13N. The van der Waals surface area contributed by atoms with E-state index in [2.05, 4.69) is 60.7 Å². The van der Waals surface area contributed by atoms with Crippen LogP contribution in [0.4, 0.5) is 0 Å². The van der Waals surface area contributed by atoms with Gasteiger partial charge in [-0.15, -0.1) is 0 Å². The van der Waals surface area contributed by atoms with Crippen molar-refractivity contribution in [2.75, 3.05) is 0 Å². The van der Waals surface area contributed by atoms with Crippen molar-refractivity contribution in [2.24, 2.45) is 0 Å². The number of hydrogen-bond donors (Lipinski definition) is 0. The summed E-state index contributed by atoms with van der Waals surface area (Å²) >= 11 is 0. The van der Waals surface area contributed by atoms with E-state index in [1.165, 1.54) is 21.9 Å². The Morgan fingerprint density at radius 3 is 2.37 bits per heavy atom. The van der Waals surface area contributed by atoms with Crippen molar-refractivity contribution in [3.05, 3.63) is 72.3 Å². The first-order valence-electron chi connectivity index (χ1n) is 6.32. The predicted molar refractivity (Wildman–Crippen MR) is 78.7 cm³/mol. The standard InChI is InChI=1S/C18H13N/c19-11-10-14-4-3-7-16(12-14)18-9-8-15-5-1-2-6-17(15)13-18/h1-9,12-13H,10H2. The van der Waals surface area contributed by atoms with E-state index in [-0.39, 0.29) is 0 Å². The molecule has 0 heterocycles. The largest absolute Gasteiger partial charge is 0.198 e. The van der Waals surface area contributed by atoms with E-state index >= 15 is 0 Å². The molecule has 0 spiro atoms. The van der Waals surface area contributed by atoms with Gasteiger partial charge >= 0.3 is 0 Å². The molecule has 0 aromatic heterocycles. The second-order valence-corrected chi connectivity index (χ2v) is 4.60. The van der Waals surface area contributed by atoms with Gasteiger partial charge in [-0.1, -0.05) is 60.7 Å². The molecule has 0 aliphatic heterocycles. The average molecular weight is 243 g/mol. The maximum absolute atomic E-state index is 8.77. The Balaban J connectivity index is 2.08. The number of rotatable bonds is 2. The summed E-state index contributed by atoms with van der Waals surface area (Å²) in [5.41, 5.74) is 3.42. The first-order chi connectivity index (χ1) is 9.36. The third-order valence-corrected chi connectivity index (χ3v) is 3.29. The van der Waals surface area contributed by atoms with Crippen LogP contribution in [-0.2, 0) is 6.42 Å². The van der Waals surface area contributed by atoms with E-state index in [9.17, 15) is 0 Å². The zero-order valence-corrected chi connectivity index (χ0v) is 10.5. The van der Waals surface area contributed by atoms with Crippen molar-refractivity contribution < 1.29 is 0 Å². The van der Waals surface area contributed by atoms with Gasteiger partial charge in [-0.2, -0.15) is 5.26 Å². The summed E-state index contributed by atoms with van der Waals surface area (Å²) in [7, 11) is 0. The monoisotopic (exact) mass is 243 g/mol. The molecule has 0 saturated heterocycles. The smallest absolute Gasteiger partial charge is 0.0669 e. The van der Waals surface area contributed by atoms with Crippen molar-refractivity contribution in [3.8, 4) is 17.2 Å². The number of nitrogens with zero attached hydrogens (tertiary/aromatic N) is 1. The number of hydrogen-bond acceptors (Lipinski definition) is 1. The number of nitriles is 1. The van der Waals surface area contributed by atoms with Gasteiger partial charge in [0.1, 0.15) is 0 Å². The fourth-order valence-electron chi connectivity index (χ4n) is 2.32. The first-order valence-corrected chi connectivity index (χ1v) is 6.32. The Kier molecular flexibility index (Phi) is 3.00. The molecule has 1 heteroatoms. The van der Waals surface area contributed by atoms with Crippen molar-refractivity contribution in [3.63, 3.8) is 0 Å². The van der Waals surface area contributed by atoms with E-state index < -0.39 is 0 Å². The summed E-state index contributed by atoms with van der Waals surface area (Å²) in [6.07, 6.45) is 0.460. The van der Waals surface area contributed by atoms with E-state index in [0.717, 1.165) is 5.56 Å². The van der Waals surface area contributed by atoms with Crippen LogP contribution in [0.15, 0.2) is 66.7 Å². The maximum Gasteiger partial charge on any atom is 0.0669 e. The highest BCUT2D eigenvalue weighted by Crippen LogP contribution is 2.25. The van der Waals surface area contributed by atoms with Crippen LogP contribution in [-0.4, -0.2) is 0 Å². The number of benzene rings is 3. The Bertz CT molecular complexity index is 766. The first kappa shape index (κ1) is 11.5. The van der Waals surface area contributed by atoms with Crippen molar-refractivity contribution in [2.45, 2.75) is 6.42 Å². The Morgan fingerprint density at radius 1 is 0.737 bits per heavy atom. The minimum Gasteiger partial charge on any atom is -0.198 e. The van der Waals surface area contributed by atoms with Crippen molar-refractivity contribution >= 4 is 10.8 Å². The zero-order valence-electron chi connectivity index (χ0n) is 10.5. The molecule has 0 radical (unpaired) electrons. The summed E-state index contributed by atoms with van der Waals surface area (Å²) < 4.78 is 0. The molecule has 0 saturated carbocycles. The van der Waals surface area contributed by atoms with E-state index in [1.807, 2.05) is 12.1 Å². The lowest BCUT2D eigenvalue weighted by Crippen LogP contribution is -1.84. The summed E-state index contributed by atoms with van der Waals surface area (Å²) in [6, 6.07) is 25.2. The quantitative estimate of drug-likeness (QED) is 0.646. The van der Waals surface area contributed by atoms with Gasteiger partial charge in [-0.25, -0.2) is 0 Å². The predicted octanol–water partition coefficient (Wildman–Crippen LogP) is 4.57. The third kappa shape index (κ3) is 2.34. The van der Waals surface area contributed by atoms with Crippen LogP contribution in [0, 0.1) is 11.3 Å². The van der Waals surface area contributed by atoms with Crippen LogP contribution >= 0.6 is 0 Å². The molecule has 3 rings (SSSR count). The lowest BCUT2D eigenvalue weighted by Gasteiger charge is -2.05. The molecule has 0 bridgehead atoms. The molecule has 3 aromatic rings. The van der Waals surface area contributed by atoms with Gasteiger partial charge in [0, 0.05) is 0 Å². The minimum absolute atomic E-state index is 0.460. The molecule has 19 heavy (non-hydrogen) atoms. The average Bonchev–Trinajstić information content (AvgIpc) is 2.47. The van der Waals surface area contributed by atoms with Crippen LogP contribution in [0.3, 0.4) is 0 Å². The van der Waals surface area contributed by atoms with Gasteiger partial charge in [0.05, 0.1) is 12.5 Å². The van der Waals surface area contributed by atoms with Crippen molar-refractivity contribution in [1.29, 1.82) is 5.26 Å².